The molecular weight excluding hydrogens is 844 g/mol. The number of nitrogens with zero attached hydrogens (tertiary/aromatic N) is 2. The number of rotatable bonds is 3. The average molecular weight is 925 g/mol. The van der Waals surface area contributed by atoms with Crippen LogP contribution in [0.15, 0.2) is 97.1 Å². The Hall–Kier alpha value is -5.02. The van der Waals surface area contributed by atoms with Gasteiger partial charge in [0.2, 0.25) is 0 Å². The van der Waals surface area contributed by atoms with Crippen LogP contribution in [0.3, 0.4) is 0 Å². The molecule has 0 atom stereocenters. The van der Waals surface area contributed by atoms with E-state index in [1.54, 1.807) is 0 Å². The third kappa shape index (κ3) is 6.92. The Morgan fingerprint density at radius 1 is 0.400 bits per heavy atom. The standard InChI is InChI=1S/C67H81BN2/c1-40-29-45-49(66(16,17)38-64(45,12)13)35-54(40)70-56-36-48-46(62(8,9)27-28-63(48,10)11)33-51(56)68-52-34-47-50(67(18,19)39-65(47,14)15)37-55(52)69(57-31-43(61(5,6)7)32-58(70)59(57)68)53-26-25-42(60(2,3)4)30-44(53)41-23-21-20-22-24-41/h20-26,29-37H,27-28,38-39H2,1-19H3. The van der Waals surface area contributed by atoms with E-state index in [2.05, 4.69) is 238 Å². The summed E-state index contributed by atoms with van der Waals surface area (Å²) in [6, 6.07) is 39.9. The molecular formula is C67H81BN2. The summed E-state index contributed by atoms with van der Waals surface area (Å²) in [6.07, 6.45) is 4.62. The predicted molar refractivity (Wildman–Crippen MR) is 305 cm³/mol. The van der Waals surface area contributed by atoms with Crippen LogP contribution in [0.2, 0.25) is 0 Å². The molecule has 0 fully saturated rings. The first-order chi connectivity index (χ1) is 32.3. The minimum atomic E-state index is -0.123. The maximum atomic E-state index is 2.78. The quantitative estimate of drug-likeness (QED) is 0.163. The van der Waals surface area contributed by atoms with Crippen molar-refractivity contribution in [1.29, 1.82) is 0 Å². The summed E-state index contributed by atoms with van der Waals surface area (Å²) in [5, 5.41) is 0. The van der Waals surface area contributed by atoms with E-state index in [9.17, 15) is 0 Å². The minimum absolute atomic E-state index is 0.0160. The Balaban J connectivity index is 1.33. The molecule has 3 aliphatic carbocycles. The van der Waals surface area contributed by atoms with Gasteiger partial charge in [-0.05, 0) is 190 Å². The number of aryl methyl sites for hydroxylation is 1. The van der Waals surface area contributed by atoms with Gasteiger partial charge in [0.25, 0.3) is 6.71 Å². The van der Waals surface area contributed by atoms with Gasteiger partial charge in [0, 0.05) is 34.0 Å². The van der Waals surface area contributed by atoms with Crippen LogP contribution in [0, 0.1) is 6.92 Å². The fraction of sp³-hybridized carbons (Fsp3) is 0.463. The number of benzene rings is 6. The lowest BCUT2D eigenvalue weighted by Gasteiger charge is -2.48. The van der Waals surface area contributed by atoms with E-state index in [1.807, 2.05) is 0 Å². The first-order valence-electron chi connectivity index (χ1n) is 26.8. The highest BCUT2D eigenvalue weighted by Gasteiger charge is 2.51. The van der Waals surface area contributed by atoms with E-state index in [1.165, 1.54) is 125 Å². The molecule has 11 rings (SSSR count). The molecule has 0 bridgehead atoms. The van der Waals surface area contributed by atoms with Gasteiger partial charge in [-0.1, -0.05) is 179 Å². The lowest BCUT2D eigenvalue weighted by Crippen LogP contribution is -2.62. The van der Waals surface area contributed by atoms with Crippen molar-refractivity contribution >= 4 is 57.2 Å². The molecule has 0 N–H and O–H groups in total. The molecule has 0 radical (unpaired) electrons. The van der Waals surface area contributed by atoms with Crippen molar-refractivity contribution in [2.24, 2.45) is 0 Å². The van der Waals surface area contributed by atoms with E-state index in [0.717, 1.165) is 12.8 Å². The first kappa shape index (κ1) is 47.3. The predicted octanol–water partition coefficient (Wildman–Crippen LogP) is 16.6. The van der Waals surface area contributed by atoms with Crippen LogP contribution in [-0.2, 0) is 43.3 Å². The topological polar surface area (TPSA) is 6.48 Å². The fourth-order valence-electron chi connectivity index (χ4n) is 14.9. The maximum absolute atomic E-state index is 2.78. The summed E-state index contributed by atoms with van der Waals surface area (Å²) in [5.74, 6) is 0. The monoisotopic (exact) mass is 925 g/mol. The lowest BCUT2D eigenvalue weighted by atomic mass is 9.32. The summed E-state index contributed by atoms with van der Waals surface area (Å²) >= 11 is 0. The zero-order chi connectivity index (χ0) is 50.4. The van der Waals surface area contributed by atoms with E-state index >= 15 is 0 Å². The van der Waals surface area contributed by atoms with Crippen LogP contribution >= 0.6 is 0 Å². The summed E-state index contributed by atoms with van der Waals surface area (Å²) in [4.78, 5) is 5.52. The highest BCUT2D eigenvalue weighted by Crippen LogP contribution is 2.57. The molecule has 2 heterocycles. The second-order valence-electron chi connectivity index (χ2n) is 28.9. The Kier molecular flexibility index (Phi) is 9.85. The van der Waals surface area contributed by atoms with Crippen molar-refractivity contribution in [3.63, 3.8) is 0 Å². The Morgan fingerprint density at radius 2 is 0.814 bits per heavy atom. The molecule has 0 unspecified atom stereocenters. The molecule has 0 aromatic heterocycles. The van der Waals surface area contributed by atoms with Crippen molar-refractivity contribution < 1.29 is 0 Å². The number of hydrogen-bond donors (Lipinski definition) is 0. The second kappa shape index (κ2) is 14.6. The molecule has 3 heteroatoms. The summed E-state index contributed by atoms with van der Waals surface area (Å²) in [7, 11) is 0. The van der Waals surface area contributed by atoms with E-state index < -0.39 is 0 Å². The van der Waals surface area contributed by atoms with Gasteiger partial charge in [0.1, 0.15) is 0 Å². The summed E-state index contributed by atoms with van der Waals surface area (Å²) < 4.78 is 0. The first-order valence-corrected chi connectivity index (χ1v) is 26.8. The van der Waals surface area contributed by atoms with Crippen LogP contribution in [-0.4, -0.2) is 6.71 Å². The molecule has 2 aliphatic heterocycles. The lowest BCUT2D eigenvalue weighted by molar-refractivity contribution is 0.332. The van der Waals surface area contributed by atoms with Gasteiger partial charge in [-0.3, -0.25) is 0 Å². The molecule has 362 valence electrons. The van der Waals surface area contributed by atoms with Crippen LogP contribution in [0.4, 0.5) is 34.1 Å². The molecule has 0 amide bonds. The third-order valence-corrected chi connectivity index (χ3v) is 18.5. The van der Waals surface area contributed by atoms with Crippen LogP contribution < -0.4 is 26.2 Å². The van der Waals surface area contributed by atoms with Crippen molar-refractivity contribution in [3.05, 3.63) is 147 Å². The SMILES string of the molecule is Cc1cc2c(cc1N1c3cc4c(cc3B3c5cc6c(cc5N(c5ccc(C(C)(C)C)cc5-c5ccccc5)c5cc(C(C)(C)C)cc1c53)C(C)(C)CC6(C)C)C(C)(C)CCC4(C)C)C(C)(C)CC2(C)C. The summed E-state index contributed by atoms with van der Waals surface area (Å²) in [6.45, 7) is 46.6. The molecule has 0 spiro atoms. The summed E-state index contributed by atoms with van der Waals surface area (Å²) in [5.41, 5.74) is 28.0. The molecule has 2 nitrogen and oxygen atoms in total. The Labute approximate surface area is 423 Å². The zero-order valence-electron chi connectivity index (χ0n) is 46.5. The largest absolute Gasteiger partial charge is 0.311 e. The van der Waals surface area contributed by atoms with Crippen LogP contribution in [0.25, 0.3) is 11.1 Å². The van der Waals surface area contributed by atoms with Gasteiger partial charge >= 0.3 is 0 Å². The molecule has 70 heavy (non-hydrogen) atoms. The molecule has 6 aromatic rings. The molecule has 0 saturated heterocycles. The molecule has 5 aliphatic rings. The van der Waals surface area contributed by atoms with Crippen molar-refractivity contribution in [3.8, 4) is 11.1 Å². The Morgan fingerprint density at radius 3 is 1.30 bits per heavy atom. The highest BCUT2D eigenvalue weighted by molar-refractivity contribution is 7.00. The van der Waals surface area contributed by atoms with Gasteiger partial charge in [-0.15, -0.1) is 0 Å². The van der Waals surface area contributed by atoms with E-state index in [0.29, 0.717) is 0 Å². The number of fused-ring (bicyclic) bond motifs is 7. The highest BCUT2D eigenvalue weighted by atomic mass is 15.2. The van der Waals surface area contributed by atoms with E-state index in [4.69, 9.17) is 0 Å². The van der Waals surface area contributed by atoms with Gasteiger partial charge in [-0.25, -0.2) is 0 Å². The average Bonchev–Trinajstić information content (AvgIpc) is 3.56. The third-order valence-electron chi connectivity index (χ3n) is 18.5. The molecule has 6 aromatic carbocycles. The van der Waals surface area contributed by atoms with E-state index in [-0.39, 0.29) is 50.0 Å². The smallest absolute Gasteiger partial charge is 0.252 e. The zero-order valence-corrected chi connectivity index (χ0v) is 46.5. The van der Waals surface area contributed by atoms with Crippen LogP contribution in [0.5, 0.6) is 0 Å². The maximum Gasteiger partial charge on any atom is 0.252 e. The minimum Gasteiger partial charge on any atom is -0.311 e. The molecule has 0 saturated carbocycles. The normalized spacial score (nSPS) is 20.3. The Bertz CT molecular complexity index is 3190. The fourth-order valence-corrected chi connectivity index (χ4v) is 14.9. The van der Waals surface area contributed by atoms with Crippen molar-refractivity contribution in [1.82, 2.24) is 0 Å². The van der Waals surface area contributed by atoms with Gasteiger partial charge in [0.05, 0.1) is 5.69 Å². The van der Waals surface area contributed by atoms with Gasteiger partial charge in [0.15, 0.2) is 0 Å². The van der Waals surface area contributed by atoms with Gasteiger partial charge in [-0.2, -0.15) is 0 Å². The van der Waals surface area contributed by atoms with Crippen molar-refractivity contribution in [2.75, 3.05) is 9.80 Å². The van der Waals surface area contributed by atoms with Crippen molar-refractivity contribution in [2.45, 2.75) is 201 Å². The van der Waals surface area contributed by atoms with Gasteiger partial charge < -0.3 is 9.80 Å². The number of hydrogen-bond acceptors (Lipinski definition) is 2. The van der Waals surface area contributed by atoms with Crippen LogP contribution in [0.1, 0.15) is 200 Å². The second-order valence-corrected chi connectivity index (χ2v) is 28.9. The number of anilines is 6.